The lowest BCUT2D eigenvalue weighted by Gasteiger charge is -2.35. The number of aromatic nitrogens is 4. The lowest BCUT2D eigenvalue weighted by Crippen LogP contribution is -2.46. The molecule has 1 atom stereocenters. The minimum atomic E-state index is 0.114. The summed E-state index contributed by atoms with van der Waals surface area (Å²) < 4.78 is 1.48. The van der Waals surface area contributed by atoms with E-state index in [-0.39, 0.29) is 12.5 Å². The predicted octanol–water partition coefficient (Wildman–Crippen LogP) is -0.336. The van der Waals surface area contributed by atoms with Crippen LogP contribution < -0.4 is 5.32 Å². The van der Waals surface area contributed by atoms with E-state index in [1.165, 1.54) is 17.4 Å². The second-order valence-electron chi connectivity index (χ2n) is 4.64. The summed E-state index contributed by atoms with van der Waals surface area (Å²) in [5.41, 5.74) is 0. The van der Waals surface area contributed by atoms with Gasteiger partial charge in [0.1, 0.15) is 12.9 Å². The van der Waals surface area contributed by atoms with Gasteiger partial charge in [-0.15, -0.1) is 5.10 Å². The predicted molar refractivity (Wildman–Crippen MR) is 65.7 cm³/mol. The molecule has 2 rings (SSSR count). The van der Waals surface area contributed by atoms with Crippen molar-refractivity contribution in [3.63, 3.8) is 0 Å². The maximum atomic E-state index is 12.2. The molecular weight excluding hydrogens is 232 g/mol. The maximum Gasteiger partial charge on any atom is 0.244 e. The Morgan fingerprint density at radius 1 is 1.50 bits per heavy atom. The molecule has 100 valence electrons. The molecule has 0 aromatic carbocycles. The van der Waals surface area contributed by atoms with Crippen molar-refractivity contribution in [1.82, 2.24) is 30.4 Å². The smallest absolute Gasteiger partial charge is 0.244 e. The molecule has 1 aliphatic heterocycles. The van der Waals surface area contributed by atoms with E-state index in [0.717, 1.165) is 32.4 Å². The van der Waals surface area contributed by atoms with Gasteiger partial charge in [0.15, 0.2) is 0 Å². The van der Waals surface area contributed by atoms with Crippen molar-refractivity contribution in [1.29, 1.82) is 0 Å². The number of carbonyl (C=O) groups excluding carboxylic acids is 1. The summed E-state index contributed by atoms with van der Waals surface area (Å²) in [7, 11) is 1.94. The summed E-state index contributed by atoms with van der Waals surface area (Å²) in [5.74, 6) is 0.114. The second-order valence-corrected chi connectivity index (χ2v) is 4.64. The summed E-state index contributed by atoms with van der Waals surface area (Å²) in [4.78, 5) is 14.2. The number of carbonyl (C=O) groups is 1. The molecule has 0 radical (unpaired) electrons. The third-order valence-electron chi connectivity index (χ3n) is 3.36. The highest BCUT2D eigenvalue weighted by molar-refractivity contribution is 5.76. The van der Waals surface area contributed by atoms with Crippen LogP contribution in [-0.2, 0) is 11.3 Å². The number of rotatable bonds is 5. The molecule has 0 spiro atoms. The number of amides is 1. The topological polar surface area (TPSA) is 75.9 Å². The monoisotopic (exact) mass is 252 g/mol. The van der Waals surface area contributed by atoms with Gasteiger partial charge >= 0.3 is 0 Å². The molecule has 18 heavy (non-hydrogen) atoms. The number of nitrogens with zero attached hydrogens (tertiary/aromatic N) is 5. The van der Waals surface area contributed by atoms with E-state index >= 15 is 0 Å². The van der Waals surface area contributed by atoms with Crippen LogP contribution in [0, 0.1) is 0 Å². The normalized spacial score (nSPS) is 20.1. The van der Waals surface area contributed by atoms with Gasteiger partial charge in [0.2, 0.25) is 5.91 Å². The molecular formula is C11H20N6O. The lowest BCUT2D eigenvalue weighted by molar-refractivity contribution is -0.135. The first-order valence-corrected chi connectivity index (χ1v) is 6.46. The molecule has 2 heterocycles. The van der Waals surface area contributed by atoms with Gasteiger partial charge in [-0.25, -0.2) is 4.68 Å². The largest absolute Gasteiger partial charge is 0.338 e. The molecule has 0 bridgehead atoms. The first kappa shape index (κ1) is 12.9. The van der Waals surface area contributed by atoms with Crippen LogP contribution in [0.15, 0.2) is 6.33 Å². The minimum absolute atomic E-state index is 0.114. The number of tetrazole rings is 1. The highest BCUT2D eigenvalue weighted by atomic mass is 16.2. The van der Waals surface area contributed by atoms with Gasteiger partial charge in [-0.05, 0) is 49.7 Å². The highest BCUT2D eigenvalue weighted by Crippen LogP contribution is 2.19. The number of piperidine rings is 1. The molecule has 1 unspecified atom stereocenters. The van der Waals surface area contributed by atoms with E-state index in [1.807, 2.05) is 11.9 Å². The molecule has 7 nitrogen and oxygen atoms in total. The number of hydrogen-bond donors (Lipinski definition) is 1. The van der Waals surface area contributed by atoms with Crippen LogP contribution in [0.25, 0.3) is 0 Å². The third kappa shape index (κ3) is 3.25. The van der Waals surface area contributed by atoms with Crippen LogP contribution >= 0.6 is 0 Å². The first-order valence-electron chi connectivity index (χ1n) is 6.46. The fourth-order valence-corrected chi connectivity index (χ4v) is 2.42. The quantitative estimate of drug-likeness (QED) is 0.776. The van der Waals surface area contributed by atoms with E-state index in [1.54, 1.807) is 0 Å². The van der Waals surface area contributed by atoms with Gasteiger partial charge in [-0.2, -0.15) is 0 Å². The molecule has 1 fully saturated rings. The SMILES string of the molecule is CNCCC1CCCCN1C(=O)Cn1cnnn1. The van der Waals surface area contributed by atoms with E-state index in [0.29, 0.717) is 6.04 Å². The Kier molecular flexibility index (Phi) is 4.63. The highest BCUT2D eigenvalue weighted by Gasteiger charge is 2.26. The Hall–Kier alpha value is -1.50. The standard InChI is InChI=1S/C11H20N6O/c1-12-6-5-10-4-2-3-7-17(10)11(18)8-16-9-13-14-15-16/h9-10,12H,2-8H2,1H3. The first-order chi connectivity index (χ1) is 8.81. The Morgan fingerprint density at radius 3 is 3.11 bits per heavy atom. The zero-order valence-electron chi connectivity index (χ0n) is 10.7. The zero-order chi connectivity index (χ0) is 12.8. The fourth-order valence-electron chi connectivity index (χ4n) is 2.42. The van der Waals surface area contributed by atoms with E-state index in [4.69, 9.17) is 0 Å². The summed E-state index contributed by atoms with van der Waals surface area (Å²) >= 11 is 0. The molecule has 1 N–H and O–H groups in total. The molecule has 1 aromatic heterocycles. The van der Waals surface area contributed by atoms with Gasteiger partial charge in [0, 0.05) is 12.6 Å². The van der Waals surface area contributed by atoms with Gasteiger partial charge < -0.3 is 10.2 Å². The van der Waals surface area contributed by atoms with Gasteiger partial charge in [-0.3, -0.25) is 4.79 Å². The number of likely N-dealkylation sites (tertiary alicyclic amines) is 1. The van der Waals surface area contributed by atoms with Crippen molar-refractivity contribution in [2.24, 2.45) is 0 Å². The molecule has 7 heteroatoms. The van der Waals surface area contributed by atoms with Crippen LogP contribution in [0.3, 0.4) is 0 Å². The van der Waals surface area contributed by atoms with Crippen LogP contribution in [0.5, 0.6) is 0 Å². The summed E-state index contributed by atoms with van der Waals surface area (Å²) in [5, 5.41) is 14.0. The van der Waals surface area contributed by atoms with Crippen LogP contribution in [0.4, 0.5) is 0 Å². The van der Waals surface area contributed by atoms with Gasteiger partial charge in [0.25, 0.3) is 0 Å². The van der Waals surface area contributed by atoms with Gasteiger partial charge in [0.05, 0.1) is 0 Å². The minimum Gasteiger partial charge on any atom is -0.338 e. The average molecular weight is 252 g/mol. The van der Waals surface area contributed by atoms with Crippen molar-refractivity contribution in [3.8, 4) is 0 Å². The maximum absolute atomic E-state index is 12.2. The van der Waals surface area contributed by atoms with Crippen molar-refractivity contribution in [2.75, 3.05) is 20.1 Å². The molecule has 1 amide bonds. The molecule has 1 aromatic rings. The Morgan fingerprint density at radius 2 is 2.39 bits per heavy atom. The van der Waals surface area contributed by atoms with Crippen molar-refractivity contribution >= 4 is 5.91 Å². The number of hydrogen-bond acceptors (Lipinski definition) is 5. The van der Waals surface area contributed by atoms with E-state index in [2.05, 4.69) is 20.8 Å². The Balaban J connectivity index is 1.92. The Bertz CT molecular complexity index is 366. The van der Waals surface area contributed by atoms with Crippen LogP contribution in [0.1, 0.15) is 25.7 Å². The summed E-state index contributed by atoms with van der Waals surface area (Å²) in [6, 6.07) is 0.357. The van der Waals surface area contributed by atoms with Crippen LogP contribution in [-0.4, -0.2) is 57.2 Å². The molecule has 1 saturated heterocycles. The zero-order valence-corrected chi connectivity index (χ0v) is 10.7. The van der Waals surface area contributed by atoms with Crippen LogP contribution in [0.2, 0.25) is 0 Å². The van der Waals surface area contributed by atoms with Gasteiger partial charge in [-0.1, -0.05) is 0 Å². The fraction of sp³-hybridized carbons (Fsp3) is 0.818. The molecule has 0 aliphatic carbocycles. The van der Waals surface area contributed by atoms with Crippen molar-refractivity contribution in [3.05, 3.63) is 6.33 Å². The van der Waals surface area contributed by atoms with Crippen molar-refractivity contribution in [2.45, 2.75) is 38.3 Å². The average Bonchev–Trinajstić information content (AvgIpc) is 2.89. The van der Waals surface area contributed by atoms with E-state index in [9.17, 15) is 4.79 Å². The summed E-state index contributed by atoms with van der Waals surface area (Å²) in [6.07, 6.45) is 5.89. The van der Waals surface area contributed by atoms with E-state index < -0.39 is 0 Å². The van der Waals surface area contributed by atoms with Crippen molar-refractivity contribution < 1.29 is 4.79 Å². The number of nitrogens with one attached hydrogen (secondary N) is 1. The molecule has 1 aliphatic rings. The Labute approximate surface area is 107 Å². The second kappa shape index (κ2) is 6.44. The lowest BCUT2D eigenvalue weighted by atomic mass is 9.99. The third-order valence-corrected chi connectivity index (χ3v) is 3.36. The summed E-state index contributed by atoms with van der Waals surface area (Å²) in [6.45, 7) is 2.04. The molecule has 0 saturated carbocycles.